The molecule has 8 aliphatic rings. The molecule has 0 radical (unpaired) electrons. The zero-order valence-electron chi connectivity index (χ0n) is 42.4. The third kappa shape index (κ3) is 9.20. The summed E-state index contributed by atoms with van der Waals surface area (Å²) < 4.78 is 54.3. The summed E-state index contributed by atoms with van der Waals surface area (Å²) in [7, 11) is 0. The lowest BCUT2D eigenvalue weighted by molar-refractivity contribution is -0.395. The second kappa shape index (κ2) is 19.7. The predicted molar refractivity (Wildman–Crippen MR) is 243 cm³/mol. The van der Waals surface area contributed by atoms with Gasteiger partial charge in [-0.3, -0.25) is 9.59 Å². The molecule has 0 aromatic rings. The van der Waals surface area contributed by atoms with Crippen molar-refractivity contribution in [2.24, 2.45) is 45.3 Å². The third-order valence-electron chi connectivity index (χ3n) is 19.1. The molecule has 8 rings (SSSR count). The van der Waals surface area contributed by atoms with Crippen LogP contribution in [0.4, 0.5) is 0 Å². The first-order valence-electron chi connectivity index (χ1n) is 25.5. The van der Waals surface area contributed by atoms with Gasteiger partial charge >= 0.3 is 17.9 Å². The van der Waals surface area contributed by atoms with Crippen LogP contribution in [0.2, 0.25) is 0 Å². The topological polar surface area (TPSA) is 276 Å². The van der Waals surface area contributed by atoms with E-state index in [-0.39, 0.29) is 40.4 Å². The van der Waals surface area contributed by atoms with E-state index in [1.807, 2.05) is 19.9 Å². The van der Waals surface area contributed by atoms with Gasteiger partial charge in [0.25, 0.3) is 0 Å². The Morgan fingerprint density at radius 1 is 0.686 bits per heavy atom. The molecule has 0 amide bonds. The number of cyclic esters (lactones) is 1. The van der Waals surface area contributed by atoms with Crippen molar-refractivity contribution in [3.05, 3.63) is 11.6 Å². The first-order chi connectivity index (χ1) is 32.7. The lowest BCUT2D eigenvalue weighted by Crippen LogP contribution is -2.68. The molecular formula is C51H80O19. The van der Waals surface area contributed by atoms with Gasteiger partial charge in [-0.15, -0.1) is 0 Å². The summed E-state index contributed by atoms with van der Waals surface area (Å²) in [6.07, 6.45) is -13.6. The van der Waals surface area contributed by atoms with E-state index < -0.39 is 140 Å². The Labute approximate surface area is 410 Å². The van der Waals surface area contributed by atoms with Crippen molar-refractivity contribution in [2.75, 3.05) is 13.2 Å². The van der Waals surface area contributed by atoms with E-state index in [4.69, 9.17) is 42.6 Å². The van der Waals surface area contributed by atoms with Crippen molar-refractivity contribution in [1.29, 1.82) is 0 Å². The van der Waals surface area contributed by atoms with Gasteiger partial charge in [0.15, 0.2) is 30.6 Å². The molecule has 0 aromatic heterocycles. The third-order valence-corrected chi connectivity index (χ3v) is 19.1. The molecule has 70 heavy (non-hydrogen) atoms. The zero-order chi connectivity index (χ0) is 51.2. The van der Waals surface area contributed by atoms with Crippen molar-refractivity contribution in [2.45, 2.75) is 231 Å². The van der Waals surface area contributed by atoms with E-state index in [1.165, 1.54) is 13.8 Å². The van der Waals surface area contributed by atoms with Gasteiger partial charge in [0.1, 0.15) is 67.6 Å². The van der Waals surface area contributed by atoms with Crippen molar-refractivity contribution in [1.82, 2.24) is 0 Å². The summed E-state index contributed by atoms with van der Waals surface area (Å²) in [5, 5.41) is 78.7. The quantitative estimate of drug-likeness (QED) is 0.0677. The molecule has 24 unspecified atom stereocenters. The highest BCUT2D eigenvalue weighted by Crippen LogP contribution is 2.76. The molecule has 4 saturated heterocycles. The maximum absolute atomic E-state index is 13.5. The summed E-state index contributed by atoms with van der Waals surface area (Å²) >= 11 is 0. The number of aliphatic hydroxyl groups excluding tert-OH is 6. The van der Waals surface area contributed by atoms with Crippen LogP contribution in [-0.2, 0) is 57.0 Å². The van der Waals surface area contributed by atoms with Crippen LogP contribution in [0.15, 0.2) is 11.6 Å². The van der Waals surface area contributed by atoms with Gasteiger partial charge in [0.05, 0.1) is 18.8 Å². The number of hydrogen-bond acceptors (Lipinski definition) is 19. The van der Waals surface area contributed by atoms with Gasteiger partial charge in [0.2, 0.25) is 0 Å². The van der Waals surface area contributed by atoms with Crippen LogP contribution >= 0.6 is 0 Å². The normalized spacial score (nSPS) is 51.0. The fourth-order valence-corrected chi connectivity index (χ4v) is 15.5. The van der Waals surface area contributed by atoms with Crippen molar-refractivity contribution >= 4 is 17.9 Å². The Kier molecular flexibility index (Phi) is 15.2. The summed E-state index contributed by atoms with van der Waals surface area (Å²) in [4.78, 5) is 37.6. The van der Waals surface area contributed by atoms with Crippen molar-refractivity contribution in [3.63, 3.8) is 0 Å². The zero-order valence-corrected chi connectivity index (χ0v) is 42.4. The highest BCUT2D eigenvalue weighted by atomic mass is 16.8. The van der Waals surface area contributed by atoms with Crippen LogP contribution in [0.25, 0.3) is 0 Å². The smallest absolute Gasteiger partial charge is 0.339 e. The molecule has 7 N–H and O–H groups in total. The minimum absolute atomic E-state index is 0.0969. The standard InChI is InChI=1S/C51H80O19/c1-23(2)19-27-20-51(61,46(60)66-27)29-13-17-49(9)28(29)11-12-33-48(8)16-15-34(47(6,7)32(48)14-18-50(33,49)10)68-45-42(70-44-39(59)37(57)40(24(3)64-44)65-26(5)53)41(36(56)31(67-45)22-62-25(4)52)69-43-38(58)35(55)30(54)21-63-43/h19,24,27-45,54-59,61H,11-18,20-22H2,1-10H3. The Hall–Kier alpha value is -2.37. The van der Waals surface area contributed by atoms with E-state index >= 15 is 0 Å². The molecule has 0 spiro atoms. The van der Waals surface area contributed by atoms with E-state index in [1.54, 1.807) is 0 Å². The van der Waals surface area contributed by atoms with Gasteiger partial charge in [-0.1, -0.05) is 40.2 Å². The van der Waals surface area contributed by atoms with Gasteiger partial charge in [-0.05, 0) is 118 Å². The fraction of sp³-hybridized carbons (Fsp3) is 0.902. The molecule has 0 aromatic carbocycles. The maximum Gasteiger partial charge on any atom is 0.339 e. The molecule has 4 aliphatic carbocycles. The molecule has 8 fully saturated rings. The Morgan fingerprint density at radius 3 is 2.03 bits per heavy atom. The number of ether oxygens (including phenoxy) is 9. The number of carbonyl (C=O) groups excluding carboxylic acids is 3. The van der Waals surface area contributed by atoms with Crippen molar-refractivity contribution < 1.29 is 92.8 Å². The average Bonchev–Trinajstić information content (AvgIpc) is 3.78. The lowest BCUT2D eigenvalue weighted by Gasteiger charge is -2.70. The maximum atomic E-state index is 13.5. The summed E-state index contributed by atoms with van der Waals surface area (Å²) in [6.45, 7) is 18.5. The predicted octanol–water partition coefficient (Wildman–Crippen LogP) is 2.33. The van der Waals surface area contributed by atoms with E-state index in [9.17, 15) is 50.1 Å². The molecule has 24 atom stereocenters. The molecule has 4 saturated carbocycles. The number of allylic oxidation sites excluding steroid dienone is 1. The van der Waals surface area contributed by atoms with E-state index in [2.05, 4.69) is 34.6 Å². The highest BCUT2D eigenvalue weighted by Gasteiger charge is 2.71. The van der Waals surface area contributed by atoms with Crippen LogP contribution in [0, 0.1) is 45.3 Å². The number of esters is 3. The monoisotopic (exact) mass is 997 g/mol. The summed E-state index contributed by atoms with van der Waals surface area (Å²) in [5.74, 6) is -1.47. The van der Waals surface area contributed by atoms with E-state index in [0.717, 1.165) is 57.4 Å². The van der Waals surface area contributed by atoms with Crippen LogP contribution in [-0.4, -0.2) is 171 Å². The van der Waals surface area contributed by atoms with Crippen LogP contribution in [0.3, 0.4) is 0 Å². The fourth-order valence-electron chi connectivity index (χ4n) is 15.5. The molecule has 4 aliphatic heterocycles. The Morgan fingerprint density at radius 2 is 1.36 bits per heavy atom. The first kappa shape index (κ1) is 53.9. The van der Waals surface area contributed by atoms with Gasteiger partial charge in [0, 0.05) is 26.2 Å². The van der Waals surface area contributed by atoms with Gasteiger partial charge in [-0.2, -0.15) is 0 Å². The van der Waals surface area contributed by atoms with Crippen LogP contribution in [0.5, 0.6) is 0 Å². The number of hydrogen-bond donors (Lipinski definition) is 7. The average molecular weight is 997 g/mol. The van der Waals surface area contributed by atoms with E-state index in [0.29, 0.717) is 12.3 Å². The lowest BCUT2D eigenvalue weighted by atomic mass is 9.35. The number of fused-ring (bicyclic) bond motifs is 5. The summed E-state index contributed by atoms with van der Waals surface area (Å²) in [5.41, 5.74) is -1.39. The number of carbonyl (C=O) groups is 3. The largest absolute Gasteiger partial charge is 0.463 e. The van der Waals surface area contributed by atoms with Gasteiger partial charge in [-0.25, -0.2) is 4.79 Å². The minimum Gasteiger partial charge on any atom is -0.463 e. The van der Waals surface area contributed by atoms with Crippen LogP contribution < -0.4 is 0 Å². The minimum atomic E-state index is -1.81. The van der Waals surface area contributed by atoms with Gasteiger partial charge < -0.3 is 78.4 Å². The molecule has 398 valence electrons. The first-order valence-corrected chi connectivity index (χ1v) is 25.5. The molecule has 4 heterocycles. The van der Waals surface area contributed by atoms with Crippen molar-refractivity contribution in [3.8, 4) is 0 Å². The second-order valence-corrected chi connectivity index (χ2v) is 23.7. The van der Waals surface area contributed by atoms with Crippen LogP contribution in [0.1, 0.15) is 127 Å². The molecular weight excluding hydrogens is 917 g/mol. The molecule has 19 nitrogen and oxygen atoms in total. The Balaban J connectivity index is 1.07. The molecule has 19 heteroatoms. The SMILES string of the molecule is CC(=O)OCC1OC(OC2CCC3(C)C(CCC4(C)C3CCC3C(C5(O)CC(C=C(C)C)OC5=O)CCC34C)C2(C)C)C(OC2OC(C)C(OC(C)=O)C(O)C2O)C(OC2OCC(O)C(O)C2O)C1O. The number of rotatable bonds is 11. The Bertz CT molecular complexity index is 1960. The second-order valence-electron chi connectivity index (χ2n) is 23.7. The molecule has 0 bridgehead atoms. The highest BCUT2D eigenvalue weighted by molar-refractivity contribution is 5.82. The summed E-state index contributed by atoms with van der Waals surface area (Å²) in [6, 6.07) is 0. The number of aliphatic hydroxyl groups is 7.